The molecule has 0 bridgehead atoms. The molecule has 0 radical (unpaired) electrons. The molecule has 0 spiro atoms. The van der Waals surface area contributed by atoms with Crippen molar-refractivity contribution in [1.29, 1.82) is 0 Å². The van der Waals surface area contributed by atoms with Crippen LogP contribution in [0.15, 0.2) is 30.5 Å². The van der Waals surface area contributed by atoms with Crippen LogP contribution in [0.2, 0.25) is 0 Å². The summed E-state index contributed by atoms with van der Waals surface area (Å²) in [6, 6.07) is 7.84. The Balaban J connectivity index is 2.07. The van der Waals surface area contributed by atoms with Gasteiger partial charge in [-0.1, -0.05) is 12.0 Å². The van der Waals surface area contributed by atoms with Crippen molar-refractivity contribution in [3.8, 4) is 12.3 Å². The Bertz CT molecular complexity index is 561. The van der Waals surface area contributed by atoms with Crippen molar-refractivity contribution in [2.45, 2.75) is 13.5 Å². The molecule has 3 nitrogen and oxygen atoms in total. The second-order valence-corrected chi connectivity index (χ2v) is 3.99. The lowest BCUT2D eigenvalue weighted by atomic mass is 10.2. The Labute approximate surface area is 101 Å². The zero-order chi connectivity index (χ0) is 12.3. The van der Waals surface area contributed by atoms with Crippen molar-refractivity contribution in [2.24, 2.45) is 7.05 Å². The summed E-state index contributed by atoms with van der Waals surface area (Å²) in [6.07, 6.45) is 7.38. The molecule has 1 heterocycles. The summed E-state index contributed by atoms with van der Waals surface area (Å²) in [5.74, 6) is 2.62. The van der Waals surface area contributed by atoms with Crippen molar-refractivity contribution < 1.29 is 0 Å². The Morgan fingerprint density at radius 1 is 1.47 bits per heavy atom. The van der Waals surface area contributed by atoms with E-state index in [1.807, 2.05) is 49.1 Å². The van der Waals surface area contributed by atoms with Crippen molar-refractivity contribution in [3.05, 3.63) is 47.3 Å². The fourth-order valence-electron chi connectivity index (χ4n) is 1.74. The van der Waals surface area contributed by atoms with Gasteiger partial charge in [-0.05, 0) is 25.1 Å². The summed E-state index contributed by atoms with van der Waals surface area (Å²) in [4.78, 5) is 0. The summed E-state index contributed by atoms with van der Waals surface area (Å²) in [5, 5.41) is 7.64. The van der Waals surface area contributed by atoms with Crippen LogP contribution < -0.4 is 5.32 Å². The topological polar surface area (TPSA) is 29.9 Å². The number of aryl methyl sites for hydroxylation is 2. The quantitative estimate of drug-likeness (QED) is 0.812. The minimum absolute atomic E-state index is 0.758. The van der Waals surface area contributed by atoms with E-state index in [2.05, 4.69) is 16.3 Å². The molecule has 0 saturated heterocycles. The number of rotatable bonds is 3. The summed E-state index contributed by atoms with van der Waals surface area (Å²) >= 11 is 0. The van der Waals surface area contributed by atoms with E-state index < -0.39 is 0 Å². The first kappa shape index (κ1) is 11.3. The van der Waals surface area contributed by atoms with E-state index in [1.54, 1.807) is 0 Å². The summed E-state index contributed by atoms with van der Waals surface area (Å²) in [7, 11) is 1.93. The van der Waals surface area contributed by atoms with Crippen molar-refractivity contribution >= 4 is 5.69 Å². The molecule has 86 valence electrons. The van der Waals surface area contributed by atoms with Crippen LogP contribution >= 0.6 is 0 Å². The van der Waals surface area contributed by atoms with Crippen LogP contribution in [0.4, 0.5) is 5.69 Å². The molecule has 2 rings (SSSR count). The lowest BCUT2D eigenvalue weighted by Crippen LogP contribution is -1.99. The van der Waals surface area contributed by atoms with E-state index in [0.717, 1.165) is 23.5 Å². The predicted molar refractivity (Wildman–Crippen MR) is 69.6 cm³/mol. The third-order valence-corrected chi connectivity index (χ3v) is 2.63. The molecule has 0 unspecified atom stereocenters. The Morgan fingerprint density at radius 2 is 2.29 bits per heavy atom. The number of benzene rings is 1. The molecule has 0 aliphatic heterocycles. The van der Waals surface area contributed by atoms with Crippen LogP contribution in [0.25, 0.3) is 0 Å². The molecule has 0 aliphatic carbocycles. The zero-order valence-electron chi connectivity index (χ0n) is 10.1. The monoisotopic (exact) mass is 225 g/mol. The minimum atomic E-state index is 0.758. The van der Waals surface area contributed by atoms with Gasteiger partial charge in [-0.3, -0.25) is 4.68 Å². The molecule has 1 aromatic carbocycles. The van der Waals surface area contributed by atoms with Crippen LogP contribution in [-0.2, 0) is 13.6 Å². The van der Waals surface area contributed by atoms with Gasteiger partial charge in [0, 0.05) is 36.6 Å². The van der Waals surface area contributed by atoms with Crippen LogP contribution in [0, 0.1) is 19.3 Å². The van der Waals surface area contributed by atoms with Gasteiger partial charge in [0.05, 0.1) is 5.69 Å². The van der Waals surface area contributed by atoms with Crippen LogP contribution in [0.3, 0.4) is 0 Å². The third kappa shape index (κ3) is 2.67. The smallest absolute Gasteiger partial charge is 0.0643 e. The average Bonchev–Trinajstić information content (AvgIpc) is 2.65. The van der Waals surface area contributed by atoms with Gasteiger partial charge in [-0.2, -0.15) is 5.10 Å². The van der Waals surface area contributed by atoms with Crippen LogP contribution in [0.1, 0.15) is 16.8 Å². The lowest BCUT2D eigenvalue weighted by molar-refractivity contribution is 0.756. The molecule has 0 saturated carbocycles. The number of anilines is 1. The van der Waals surface area contributed by atoms with Gasteiger partial charge >= 0.3 is 0 Å². The molecule has 0 aliphatic rings. The van der Waals surface area contributed by atoms with Crippen molar-refractivity contribution in [1.82, 2.24) is 9.78 Å². The first-order chi connectivity index (χ1) is 8.19. The molecular formula is C14H15N3. The van der Waals surface area contributed by atoms with E-state index in [9.17, 15) is 0 Å². The molecule has 1 aromatic heterocycles. The highest BCUT2D eigenvalue weighted by Gasteiger charge is 2.02. The van der Waals surface area contributed by atoms with Crippen LogP contribution in [0.5, 0.6) is 0 Å². The molecule has 17 heavy (non-hydrogen) atoms. The van der Waals surface area contributed by atoms with Gasteiger partial charge in [-0.15, -0.1) is 6.42 Å². The molecule has 1 N–H and O–H groups in total. The maximum Gasteiger partial charge on any atom is 0.0643 e. The maximum atomic E-state index is 5.36. The fraction of sp³-hybridized carbons (Fsp3) is 0.214. The van der Waals surface area contributed by atoms with Gasteiger partial charge in [0.25, 0.3) is 0 Å². The zero-order valence-corrected chi connectivity index (χ0v) is 10.1. The van der Waals surface area contributed by atoms with Crippen molar-refractivity contribution in [3.63, 3.8) is 0 Å². The average molecular weight is 225 g/mol. The number of nitrogens with zero attached hydrogens (tertiary/aromatic N) is 2. The molecule has 0 amide bonds. The predicted octanol–water partition coefficient (Wildman–Crippen LogP) is 2.32. The Morgan fingerprint density at radius 3 is 2.94 bits per heavy atom. The normalized spacial score (nSPS) is 9.94. The Kier molecular flexibility index (Phi) is 3.15. The summed E-state index contributed by atoms with van der Waals surface area (Å²) in [6.45, 7) is 2.77. The molecule has 2 aromatic rings. The number of hydrogen-bond acceptors (Lipinski definition) is 2. The molecular weight excluding hydrogens is 210 g/mol. The molecule has 0 atom stereocenters. The standard InChI is InChI=1S/C14H15N3/c1-4-12-6-5-7-14(8-12)15-9-13-10-17(3)16-11(13)2/h1,5-8,10,15H,9H2,2-3H3. The van der Waals surface area contributed by atoms with Gasteiger partial charge in [0.2, 0.25) is 0 Å². The van der Waals surface area contributed by atoms with E-state index in [0.29, 0.717) is 0 Å². The van der Waals surface area contributed by atoms with E-state index in [-0.39, 0.29) is 0 Å². The third-order valence-electron chi connectivity index (χ3n) is 2.63. The van der Waals surface area contributed by atoms with E-state index in [1.165, 1.54) is 5.56 Å². The van der Waals surface area contributed by atoms with Crippen molar-refractivity contribution in [2.75, 3.05) is 5.32 Å². The SMILES string of the molecule is C#Cc1cccc(NCc2cn(C)nc2C)c1. The van der Waals surface area contributed by atoms with Crippen LogP contribution in [-0.4, -0.2) is 9.78 Å². The highest BCUT2D eigenvalue weighted by Crippen LogP contribution is 2.12. The minimum Gasteiger partial charge on any atom is -0.381 e. The summed E-state index contributed by atoms with van der Waals surface area (Å²) in [5.41, 5.74) is 4.16. The second-order valence-electron chi connectivity index (χ2n) is 3.99. The number of hydrogen-bond donors (Lipinski definition) is 1. The van der Waals surface area contributed by atoms with Gasteiger partial charge < -0.3 is 5.32 Å². The largest absolute Gasteiger partial charge is 0.381 e. The van der Waals surface area contributed by atoms with E-state index >= 15 is 0 Å². The first-order valence-electron chi connectivity index (χ1n) is 5.48. The number of nitrogens with one attached hydrogen (secondary N) is 1. The first-order valence-corrected chi connectivity index (χ1v) is 5.48. The van der Waals surface area contributed by atoms with E-state index in [4.69, 9.17) is 6.42 Å². The molecule has 0 fully saturated rings. The number of aromatic nitrogens is 2. The fourth-order valence-corrected chi connectivity index (χ4v) is 1.74. The highest BCUT2D eigenvalue weighted by molar-refractivity contribution is 5.50. The Hall–Kier alpha value is -2.21. The maximum absolute atomic E-state index is 5.36. The summed E-state index contributed by atoms with van der Waals surface area (Å²) < 4.78 is 1.82. The van der Waals surface area contributed by atoms with Gasteiger partial charge in [0.1, 0.15) is 0 Å². The lowest BCUT2D eigenvalue weighted by Gasteiger charge is -2.05. The highest BCUT2D eigenvalue weighted by atomic mass is 15.2. The molecule has 3 heteroatoms. The number of terminal acetylenes is 1. The second kappa shape index (κ2) is 4.75. The van der Waals surface area contributed by atoms with Gasteiger partial charge in [0.15, 0.2) is 0 Å². The van der Waals surface area contributed by atoms with Gasteiger partial charge in [-0.25, -0.2) is 0 Å².